The summed E-state index contributed by atoms with van der Waals surface area (Å²) in [7, 11) is 3.16. The van der Waals surface area contributed by atoms with Gasteiger partial charge in [0.25, 0.3) is 0 Å². The van der Waals surface area contributed by atoms with Crippen LogP contribution in [0.25, 0.3) is 16.3 Å². The first-order chi connectivity index (χ1) is 15.1. The Bertz CT molecular complexity index is 1070. The summed E-state index contributed by atoms with van der Waals surface area (Å²) in [6.45, 7) is 4.01. The van der Waals surface area contributed by atoms with Crippen LogP contribution in [-0.2, 0) is 20.7 Å². The minimum absolute atomic E-state index is 0.0822. The number of hydrogen-bond donors (Lipinski definition) is 0. The largest absolute Gasteiger partial charge is 0.493 e. The minimum Gasteiger partial charge on any atom is -0.493 e. The second-order valence-corrected chi connectivity index (χ2v) is 6.93. The van der Waals surface area contributed by atoms with Crippen molar-refractivity contribution in [2.45, 2.75) is 20.3 Å². The zero-order chi connectivity index (χ0) is 22.2. The third-order valence-electron chi connectivity index (χ3n) is 5.02. The molecule has 0 spiro atoms. The number of allylic oxidation sites excluding steroid dienone is 1. The van der Waals surface area contributed by atoms with E-state index in [0.29, 0.717) is 30.1 Å². The number of methoxy groups -OCH3 is 2. The molecule has 0 heterocycles. The molecule has 31 heavy (non-hydrogen) atoms. The van der Waals surface area contributed by atoms with Crippen molar-refractivity contribution in [1.29, 1.82) is 0 Å². The summed E-state index contributed by atoms with van der Waals surface area (Å²) in [5.74, 6) is 0.755. The lowest BCUT2D eigenvalue weighted by Gasteiger charge is -2.19. The second-order valence-electron chi connectivity index (χ2n) is 6.93. The highest BCUT2D eigenvalue weighted by Gasteiger charge is 2.22. The van der Waals surface area contributed by atoms with Crippen molar-refractivity contribution in [3.05, 3.63) is 77.4 Å². The van der Waals surface area contributed by atoms with Gasteiger partial charge in [-0.15, -0.1) is 0 Å². The van der Waals surface area contributed by atoms with E-state index in [1.807, 2.05) is 43.3 Å². The van der Waals surface area contributed by atoms with Gasteiger partial charge in [0.2, 0.25) is 0 Å². The van der Waals surface area contributed by atoms with Crippen molar-refractivity contribution in [2.75, 3.05) is 27.6 Å². The Morgan fingerprint density at radius 3 is 2.45 bits per heavy atom. The first-order valence-corrected chi connectivity index (χ1v) is 10.3. The van der Waals surface area contributed by atoms with Gasteiger partial charge in [0.1, 0.15) is 0 Å². The van der Waals surface area contributed by atoms with Crippen LogP contribution in [0.4, 0.5) is 0 Å². The molecule has 0 bridgehead atoms. The average molecular weight is 421 g/mol. The van der Waals surface area contributed by atoms with Gasteiger partial charge >= 0.3 is 5.97 Å². The van der Waals surface area contributed by atoms with Crippen molar-refractivity contribution in [3.8, 4) is 11.5 Å². The molecular formula is C26H28O5. The number of benzene rings is 3. The SMILES string of the molecule is CC=C(C(=O)OCC)c1cc(OC)c(OCOC)c2c(Cc3ccccc3)cccc12. The fraction of sp³-hybridized carbons (Fsp3) is 0.269. The molecule has 5 heteroatoms. The van der Waals surface area contributed by atoms with E-state index in [1.54, 1.807) is 27.2 Å². The quantitative estimate of drug-likeness (QED) is 0.264. The zero-order valence-electron chi connectivity index (χ0n) is 18.4. The normalized spacial score (nSPS) is 11.4. The highest BCUT2D eigenvalue weighted by Crippen LogP contribution is 2.43. The summed E-state index contributed by atoms with van der Waals surface area (Å²) in [6, 6.07) is 18.1. The highest BCUT2D eigenvalue weighted by atomic mass is 16.7. The van der Waals surface area contributed by atoms with Gasteiger partial charge in [-0.05, 0) is 42.8 Å². The third kappa shape index (κ3) is 4.89. The van der Waals surface area contributed by atoms with E-state index in [4.69, 9.17) is 18.9 Å². The topological polar surface area (TPSA) is 54.0 Å². The Labute approximate surface area is 183 Å². The van der Waals surface area contributed by atoms with Crippen LogP contribution in [0, 0.1) is 0 Å². The number of hydrogen-bond acceptors (Lipinski definition) is 5. The number of carbonyl (C=O) groups is 1. The number of ether oxygens (including phenoxy) is 4. The van der Waals surface area contributed by atoms with Crippen LogP contribution in [0.3, 0.4) is 0 Å². The summed E-state index contributed by atoms with van der Waals surface area (Å²) in [5.41, 5.74) is 3.47. The molecule has 3 aromatic carbocycles. The van der Waals surface area contributed by atoms with Gasteiger partial charge in [-0.2, -0.15) is 0 Å². The Balaban J connectivity index is 2.29. The molecule has 0 aliphatic carbocycles. The lowest BCUT2D eigenvalue weighted by atomic mass is 9.91. The Morgan fingerprint density at radius 1 is 1.03 bits per heavy atom. The van der Waals surface area contributed by atoms with Crippen LogP contribution in [0.2, 0.25) is 0 Å². The molecule has 0 saturated carbocycles. The Morgan fingerprint density at radius 2 is 1.81 bits per heavy atom. The van der Waals surface area contributed by atoms with E-state index in [0.717, 1.165) is 21.9 Å². The molecule has 0 N–H and O–H groups in total. The maximum atomic E-state index is 12.7. The van der Waals surface area contributed by atoms with Gasteiger partial charge in [-0.25, -0.2) is 4.79 Å². The van der Waals surface area contributed by atoms with E-state index < -0.39 is 0 Å². The summed E-state index contributed by atoms with van der Waals surface area (Å²) in [6.07, 6.45) is 2.48. The zero-order valence-corrected chi connectivity index (χ0v) is 18.4. The molecule has 0 fully saturated rings. The minimum atomic E-state index is -0.368. The molecule has 162 valence electrons. The van der Waals surface area contributed by atoms with Crippen molar-refractivity contribution in [2.24, 2.45) is 0 Å². The van der Waals surface area contributed by atoms with Crippen LogP contribution >= 0.6 is 0 Å². The first kappa shape index (κ1) is 22.4. The third-order valence-corrected chi connectivity index (χ3v) is 5.02. The van der Waals surface area contributed by atoms with Crippen molar-refractivity contribution >= 4 is 22.3 Å². The fourth-order valence-corrected chi connectivity index (χ4v) is 3.68. The summed E-state index contributed by atoms with van der Waals surface area (Å²) < 4.78 is 22.1. The van der Waals surface area contributed by atoms with Crippen molar-refractivity contribution in [3.63, 3.8) is 0 Å². The molecule has 5 nitrogen and oxygen atoms in total. The number of carbonyl (C=O) groups excluding carboxylic acids is 1. The molecule has 3 rings (SSSR count). The van der Waals surface area contributed by atoms with Gasteiger partial charge < -0.3 is 18.9 Å². The van der Waals surface area contributed by atoms with Crippen LogP contribution in [0.5, 0.6) is 11.5 Å². The smallest absolute Gasteiger partial charge is 0.338 e. The predicted molar refractivity (Wildman–Crippen MR) is 123 cm³/mol. The Hall–Kier alpha value is -3.31. The maximum absolute atomic E-state index is 12.7. The lowest BCUT2D eigenvalue weighted by Crippen LogP contribution is -2.09. The molecule has 0 atom stereocenters. The molecule has 0 aliphatic heterocycles. The molecule has 0 radical (unpaired) electrons. The summed E-state index contributed by atoms with van der Waals surface area (Å²) in [5, 5.41) is 1.78. The van der Waals surface area contributed by atoms with Crippen molar-refractivity contribution in [1.82, 2.24) is 0 Å². The second kappa shape index (κ2) is 10.6. The van der Waals surface area contributed by atoms with Crippen LogP contribution in [-0.4, -0.2) is 33.6 Å². The molecule has 0 amide bonds. The van der Waals surface area contributed by atoms with E-state index in [9.17, 15) is 4.79 Å². The summed E-state index contributed by atoms with van der Waals surface area (Å²) >= 11 is 0. The van der Waals surface area contributed by atoms with Crippen LogP contribution in [0.1, 0.15) is 30.5 Å². The molecule has 3 aromatic rings. The van der Waals surface area contributed by atoms with Gasteiger partial charge in [0.05, 0.1) is 19.3 Å². The van der Waals surface area contributed by atoms with Gasteiger partial charge in [-0.1, -0.05) is 54.6 Å². The first-order valence-electron chi connectivity index (χ1n) is 10.3. The Kier molecular flexibility index (Phi) is 7.68. The lowest BCUT2D eigenvalue weighted by molar-refractivity contribution is -0.136. The molecule has 0 aromatic heterocycles. The molecular weight excluding hydrogens is 392 g/mol. The van der Waals surface area contributed by atoms with Crippen molar-refractivity contribution < 1.29 is 23.7 Å². The van der Waals surface area contributed by atoms with Crippen LogP contribution < -0.4 is 9.47 Å². The van der Waals surface area contributed by atoms with E-state index in [-0.39, 0.29) is 12.8 Å². The number of fused-ring (bicyclic) bond motifs is 1. The molecule has 0 unspecified atom stereocenters. The number of rotatable bonds is 9. The summed E-state index contributed by atoms with van der Waals surface area (Å²) in [4.78, 5) is 12.7. The average Bonchev–Trinajstić information content (AvgIpc) is 2.79. The van der Waals surface area contributed by atoms with E-state index in [1.165, 1.54) is 5.56 Å². The molecule has 0 aliphatic rings. The molecule has 0 saturated heterocycles. The fourth-order valence-electron chi connectivity index (χ4n) is 3.68. The standard InChI is InChI=1S/C26H28O5/c1-5-20(26(27)30-6-2)22-16-23(29-4)25(31-17-28-3)24-19(13-10-14-21(22)24)15-18-11-8-7-9-12-18/h5,7-14,16H,6,15,17H2,1-4H3. The van der Waals surface area contributed by atoms with Gasteiger partial charge in [-0.3, -0.25) is 0 Å². The van der Waals surface area contributed by atoms with Crippen LogP contribution in [0.15, 0.2) is 60.7 Å². The van der Waals surface area contributed by atoms with Gasteiger partial charge in [0.15, 0.2) is 18.3 Å². The van der Waals surface area contributed by atoms with Gasteiger partial charge in [0, 0.05) is 18.1 Å². The predicted octanol–water partition coefficient (Wildman–Crippen LogP) is 5.39. The monoisotopic (exact) mass is 420 g/mol. The number of esters is 1. The van der Waals surface area contributed by atoms with E-state index in [2.05, 4.69) is 18.2 Å². The maximum Gasteiger partial charge on any atom is 0.338 e. The highest BCUT2D eigenvalue weighted by molar-refractivity contribution is 6.21. The van der Waals surface area contributed by atoms with E-state index >= 15 is 0 Å².